The molecule has 0 bridgehead atoms. The van der Waals surface area contributed by atoms with Crippen LogP contribution in [0.5, 0.6) is 0 Å². The highest BCUT2D eigenvalue weighted by atomic mass is 79.9. The van der Waals surface area contributed by atoms with Crippen LogP contribution in [0, 0.1) is 0 Å². The van der Waals surface area contributed by atoms with E-state index in [4.69, 9.17) is 0 Å². The van der Waals surface area contributed by atoms with Gasteiger partial charge >= 0.3 is 0 Å². The predicted molar refractivity (Wildman–Crippen MR) is 75.2 cm³/mol. The highest BCUT2D eigenvalue weighted by Gasteiger charge is 2.10. The maximum absolute atomic E-state index is 10.5. The second-order valence-corrected chi connectivity index (χ2v) is 4.90. The Morgan fingerprint density at radius 3 is 2.56 bits per heavy atom. The number of hydrogen-bond donors (Lipinski definition) is 0. The molecule has 18 heavy (non-hydrogen) atoms. The minimum absolute atomic E-state index is 0.169. The van der Waals surface area contributed by atoms with Crippen molar-refractivity contribution >= 4 is 22.0 Å². The number of carbonyl (C=O) groups excluding carboxylic acids is 1. The van der Waals surface area contributed by atoms with Gasteiger partial charge in [0.2, 0.25) is 6.08 Å². The largest absolute Gasteiger partial charge is 0.235 e. The topological polar surface area (TPSA) is 29.4 Å². The van der Waals surface area contributed by atoms with Gasteiger partial charge in [0, 0.05) is 4.47 Å². The summed E-state index contributed by atoms with van der Waals surface area (Å²) in [6.07, 6.45) is 2.36. The second-order valence-electron chi connectivity index (χ2n) is 3.98. The predicted octanol–water partition coefficient (Wildman–Crippen LogP) is 4.07. The second kappa shape index (κ2) is 6.29. The lowest BCUT2D eigenvalue weighted by Crippen LogP contribution is -2.00. The fourth-order valence-electron chi connectivity index (χ4n) is 1.86. The van der Waals surface area contributed by atoms with E-state index >= 15 is 0 Å². The molecule has 0 heterocycles. The number of rotatable bonds is 4. The molecule has 0 fully saturated rings. The molecule has 1 atom stereocenters. The third kappa shape index (κ3) is 3.39. The smallest absolute Gasteiger partial charge is 0.211 e. The van der Waals surface area contributed by atoms with Crippen LogP contribution in [0.25, 0.3) is 0 Å². The van der Waals surface area contributed by atoms with Crippen LogP contribution in [0.3, 0.4) is 0 Å². The van der Waals surface area contributed by atoms with E-state index in [0.29, 0.717) is 6.42 Å². The van der Waals surface area contributed by atoms with E-state index in [0.717, 1.165) is 15.6 Å². The SMILES string of the molecule is O=C=NC(Cc1cccc(Br)c1)c1ccccc1. The van der Waals surface area contributed by atoms with Crippen molar-refractivity contribution in [3.63, 3.8) is 0 Å². The van der Waals surface area contributed by atoms with Crippen molar-refractivity contribution in [2.75, 3.05) is 0 Å². The van der Waals surface area contributed by atoms with Crippen molar-refractivity contribution < 1.29 is 4.79 Å². The summed E-state index contributed by atoms with van der Waals surface area (Å²) in [6, 6.07) is 17.6. The highest BCUT2D eigenvalue weighted by Crippen LogP contribution is 2.23. The molecule has 2 rings (SSSR count). The van der Waals surface area contributed by atoms with Crippen LogP contribution in [-0.2, 0) is 11.2 Å². The van der Waals surface area contributed by atoms with Crippen LogP contribution in [-0.4, -0.2) is 6.08 Å². The van der Waals surface area contributed by atoms with Crippen molar-refractivity contribution in [3.8, 4) is 0 Å². The monoisotopic (exact) mass is 301 g/mol. The Morgan fingerprint density at radius 2 is 1.89 bits per heavy atom. The van der Waals surface area contributed by atoms with Crippen LogP contribution in [0.4, 0.5) is 0 Å². The maximum Gasteiger partial charge on any atom is 0.235 e. The van der Waals surface area contributed by atoms with Crippen molar-refractivity contribution in [3.05, 3.63) is 70.2 Å². The minimum Gasteiger partial charge on any atom is -0.211 e. The first-order valence-corrected chi connectivity index (χ1v) is 6.45. The van der Waals surface area contributed by atoms with Crippen molar-refractivity contribution in [2.24, 2.45) is 4.99 Å². The summed E-state index contributed by atoms with van der Waals surface area (Å²) in [7, 11) is 0. The first-order chi connectivity index (χ1) is 8.79. The molecule has 2 aromatic carbocycles. The Bertz CT molecular complexity index is 562. The molecule has 0 N–H and O–H groups in total. The van der Waals surface area contributed by atoms with Gasteiger partial charge in [0.15, 0.2) is 0 Å². The number of benzene rings is 2. The first-order valence-electron chi connectivity index (χ1n) is 5.66. The molecule has 0 amide bonds. The lowest BCUT2D eigenvalue weighted by atomic mass is 10.00. The Balaban J connectivity index is 2.25. The van der Waals surface area contributed by atoms with Crippen LogP contribution in [0.15, 0.2) is 64.1 Å². The van der Waals surface area contributed by atoms with Crippen LogP contribution in [0.1, 0.15) is 17.2 Å². The van der Waals surface area contributed by atoms with E-state index in [9.17, 15) is 4.79 Å². The zero-order valence-electron chi connectivity index (χ0n) is 9.71. The zero-order chi connectivity index (χ0) is 12.8. The molecule has 0 aliphatic rings. The summed E-state index contributed by atoms with van der Waals surface area (Å²) in [5, 5.41) is 0. The zero-order valence-corrected chi connectivity index (χ0v) is 11.3. The number of nitrogens with zero attached hydrogens (tertiary/aromatic N) is 1. The van der Waals surface area contributed by atoms with Crippen LogP contribution < -0.4 is 0 Å². The van der Waals surface area contributed by atoms with Crippen molar-refractivity contribution in [1.82, 2.24) is 0 Å². The molecular formula is C15H12BrNO. The number of hydrogen-bond acceptors (Lipinski definition) is 2. The van der Waals surface area contributed by atoms with Crippen LogP contribution in [0.2, 0.25) is 0 Å². The summed E-state index contributed by atoms with van der Waals surface area (Å²) in [4.78, 5) is 14.4. The Kier molecular flexibility index (Phi) is 4.46. The molecule has 2 aromatic rings. The Hall–Kier alpha value is -1.70. The lowest BCUT2D eigenvalue weighted by Gasteiger charge is -2.11. The van der Waals surface area contributed by atoms with Crippen molar-refractivity contribution in [1.29, 1.82) is 0 Å². The number of halogens is 1. The molecule has 0 aliphatic carbocycles. The fraction of sp³-hybridized carbons (Fsp3) is 0.133. The third-order valence-corrected chi connectivity index (χ3v) is 3.20. The van der Waals surface area contributed by atoms with E-state index in [1.54, 1.807) is 6.08 Å². The van der Waals surface area contributed by atoms with Gasteiger partial charge in [-0.05, 0) is 29.7 Å². The van der Waals surface area contributed by atoms with Crippen LogP contribution >= 0.6 is 15.9 Å². The molecule has 0 spiro atoms. The van der Waals surface area contributed by atoms with E-state index in [1.165, 1.54) is 0 Å². The van der Waals surface area contributed by atoms with Gasteiger partial charge in [-0.15, -0.1) is 0 Å². The maximum atomic E-state index is 10.5. The summed E-state index contributed by atoms with van der Waals surface area (Å²) in [6.45, 7) is 0. The third-order valence-electron chi connectivity index (χ3n) is 2.71. The summed E-state index contributed by atoms with van der Waals surface area (Å²) in [5.41, 5.74) is 2.16. The van der Waals surface area contributed by atoms with E-state index in [-0.39, 0.29) is 6.04 Å². The molecule has 0 saturated heterocycles. The number of isocyanates is 1. The molecule has 90 valence electrons. The summed E-state index contributed by atoms with van der Waals surface area (Å²) < 4.78 is 1.03. The Morgan fingerprint density at radius 1 is 1.11 bits per heavy atom. The van der Waals surface area contributed by atoms with Gasteiger partial charge in [-0.3, -0.25) is 0 Å². The molecule has 0 radical (unpaired) electrons. The van der Waals surface area contributed by atoms with Gasteiger partial charge in [-0.2, -0.15) is 4.99 Å². The number of aliphatic imine (C=N–C) groups is 1. The normalized spacial score (nSPS) is 11.6. The van der Waals surface area contributed by atoms with Gasteiger partial charge < -0.3 is 0 Å². The summed E-state index contributed by atoms with van der Waals surface area (Å²) >= 11 is 3.44. The van der Waals surface area contributed by atoms with Gasteiger partial charge in [0.1, 0.15) is 0 Å². The minimum atomic E-state index is -0.169. The lowest BCUT2D eigenvalue weighted by molar-refractivity contribution is 0.557. The molecule has 3 heteroatoms. The molecule has 2 nitrogen and oxygen atoms in total. The molecule has 0 saturated carbocycles. The van der Waals surface area contributed by atoms with E-state index < -0.39 is 0 Å². The highest BCUT2D eigenvalue weighted by molar-refractivity contribution is 9.10. The van der Waals surface area contributed by atoms with Gasteiger partial charge in [0.05, 0.1) is 6.04 Å². The average Bonchev–Trinajstić information content (AvgIpc) is 2.39. The first kappa shape index (κ1) is 12.7. The summed E-state index contributed by atoms with van der Waals surface area (Å²) in [5.74, 6) is 0. The van der Waals surface area contributed by atoms with Gasteiger partial charge in [-0.1, -0.05) is 58.4 Å². The molecular weight excluding hydrogens is 290 g/mol. The van der Waals surface area contributed by atoms with Gasteiger partial charge in [-0.25, -0.2) is 4.79 Å². The van der Waals surface area contributed by atoms with Gasteiger partial charge in [0.25, 0.3) is 0 Å². The Labute approximate surface area is 115 Å². The fourth-order valence-corrected chi connectivity index (χ4v) is 2.31. The standard InChI is InChI=1S/C15H12BrNO/c16-14-8-4-5-12(9-14)10-15(17-11-18)13-6-2-1-3-7-13/h1-9,15H,10H2. The molecule has 0 aliphatic heterocycles. The average molecular weight is 302 g/mol. The van der Waals surface area contributed by atoms with E-state index in [2.05, 4.69) is 20.9 Å². The van der Waals surface area contributed by atoms with E-state index in [1.807, 2.05) is 54.6 Å². The molecule has 0 aromatic heterocycles. The quantitative estimate of drug-likeness (QED) is 0.618. The molecule has 1 unspecified atom stereocenters. The van der Waals surface area contributed by atoms with Crippen molar-refractivity contribution in [2.45, 2.75) is 12.5 Å².